The van der Waals surface area contributed by atoms with Crippen LogP contribution in [0.1, 0.15) is 32.6 Å². The topological polar surface area (TPSA) is 47.3 Å². The molecule has 0 atom stereocenters. The molecule has 1 aliphatic heterocycles. The van der Waals surface area contributed by atoms with Gasteiger partial charge < -0.3 is 15.8 Å². The summed E-state index contributed by atoms with van der Waals surface area (Å²) in [6.07, 6.45) is 4.41. The van der Waals surface area contributed by atoms with Crippen LogP contribution in [0.5, 0.6) is 5.75 Å². The van der Waals surface area contributed by atoms with Gasteiger partial charge in [-0.25, -0.2) is 0 Å². The van der Waals surface area contributed by atoms with E-state index >= 15 is 0 Å². The van der Waals surface area contributed by atoms with Crippen molar-refractivity contribution < 1.29 is 4.74 Å². The van der Waals surface area contributed by atoms with Crippen LogP contribution >= 0.6 is 46.6 Å². The summed E-state index contributed by atoms with van der Waals surface area (Å²) in [5, 5.41) is 4.89. The lowest BCUT2D eigenvalue weighted by atomic mass is 10.0. The van der Waals surface area contributed by atoms with Gasteiger partial charge in [-0.05, 0) is 67.9 Å². The third-order valence-corrected chi connectivity index (χ3v) is 6.63. The van der Waals surface area contributed by atoms with Gasteiger partial charge in [-0.1, -0.05) is 48.1 Å². The molecule has 3 rings (SSSR count). The minimum absolute atomic E-state index is 0.183. The molecule has 0 saturated carbocycles. The third-order valence-electron chi connectivity index (χ3n) is 4.71. The molecule has 28 heavy (non-hydrogen) atoms. The maximum Gasteiger partial charge on any atom is 0.156 e. The van der Waals surface area contributed by atoms with E-state index in [9.17, 15) is 0 Å². The molecule has 0 bridgehead atoms. The van der Waals surface area contributed by atoms with Crippen LogP contribution in [-0.2, 0) is 0 Å². The van der Waals surface area contributed by atoms with Crippen LogP contribution < -0.4 is 15.8 Å². The van der Waals surface area contributed by atoms with Gasteiger partial charge in [-0.3, -0.25) is 0 Å². The first-order chi connectivity index (χ1) is 13.5. The van der Waals surface area contributed by atoms with Crippen LogP contribution in [0.3, 0.4) is 0 Å². The number of nitrogens with two attached hydrogens (primary N) is 1. The van der Waals surface area contributed by atoms with Gasteiger partial charge in [0.15, 0.2) is 5.75 Å². The molecule has 2 aromatic carbocycles. The molecule has 1 fully saturated rings. The molecule has 0 aromatic heterocycles. The van der Waals surface area contributed by atoms with Crippen molar-refractivity contribution in [3.8, 4) is 16.9 Å². The lowest BCUT2D eigenvalue weighted by Crippen LogP contribution is -2.34. The maximum atomic E-state index is 6.44. The van der Waals surface area contributed by atoms with Crippen molar-refractivity contribution in [1.29, 1.82) is 0 Å². The Balaban J connectivity index is 1.99. The standard InChI is InChI=1S/C21H25Cl3N2OS/c1-2-3-8-28-19-10-13(20-16(23)11-14(22)12-17(20)24)9-18(25)21(19)27-15-4-6-26-7-5-15/h9-12,15,26H,2-8,25H2,1H3. The molecule has 0 unspecified atom stereocenters. The van der Waals surface area contributed by atoms with E-state index in [4.69, 9.17) is 45.3 Å². The number of hydrogen-bond donors (Lipinski definition) is 2. The van der Waals surface area contributed by atoms with Crippen LogP contribution in [0.15, 0.2) is 29.2 Å². The number of ether oxygens (including phenoxy) is 1. The fourth-order valence-corrected chi connectivity index (χ4v) is 5.42. The highest BCUT2D eigenvalue weighted by Crippen LogP contribution is 2.44. The highest BCUT2D eigenvalue weighted by molar-refractivity contribution is 7.99. The second-order valence-corrected chi connectivity index (χ2v) is 9.29. The Labute approximate surface area is 186 Å². The van der Waals surface area contributed by atoms with Crippen molar-refractivity contribution in [2.75, 3.05) is 24.6 Å². The number of benzene rings is 2. The second kappa shape index (κ2) is 10.3. The molecule has 0 spiro atoms. The zero-order chi connectivity index (χ0) is 20.1. The van der Waals surface area contributed by atoms with E-state index in [-0.39, 0.29) is 6.10 Å². The number of unbranched alkanes of at least 4 members (excludes halogenated alkanes) is 1. The lowest BCUT2D eigenvalue weighted by molar-refractivity contribution is 0.159. The predicted octanol–water partition coefficient (Wildman–Crippen LogP) is 6.92. The summed E-state index contributed by atoms with van der Waals surface area (Å²) < 4.78 is 6.35. The van der Waals surface area contributed by atoms with Gasteiger partial charge in [0.1, 0.15) is 6.10 Å². The first-order valence-electron chi connectivity index (χ1n) is 9.58. The zero-order valence-corrected chi connectivity index (χ0v) is 18.9. The zero-order valence-electron chi connectivity index (χ0n) is 15.9. The largest absolute Gasteiger partial charge is 0.487 e. The van der Waals surface area contributed by atoms with Crippen molar-refractivity contribution in [3.05, 3.63) is 39.3 Å². The van der Waals surface area contributed by atoms with E-state index in [0.29, 0.717) is 20.8 Å². The van der Waals surface area contributed by atoms with E-state index in [0.717, 1.165) is 66.3 Å². The number of anilines is 1. The molecular formula is C21H25Cl3N2OS. The lowest BCUT2D eigenvalue weighted by Gasteiger charge is -2.26. The summed E-state index contributed by atoms with van der Waals surface area (Å²) in [4.78, 5) is 1.03. The van der Waals surface area contributed by atoms with E-state index in [1.807, 2.05) is 6.07 Å². The first kappa shape index (κ1) is 21.9. The molecule has 7 heteroatoms. The van der Waals surface area contributed by atoms with Crippen molar-refractivity contribution in [2.24, 2.45) is 0 Å². The molecule has 1 aliphatic rings. The molecule has 0 radical (unpaired) electrons. The van der Waals surface area contributed by atoms with Crippen LogP contribution in [-0.4, -0.2) is 24.9 Å². The molecular weight excluding hydrogens is 435 g/mol. The number of thioether (sulfide) groups is 1. The first-order valence-corrected chi connectivity index (χ1v) is 11.7. The summed E-state index contributed by atoms with van der Waals surface area (Å²) in [7, 11) is 0. The van der Waals surface area contributed by atoms with E-state index in [1.165, 1.54) is 0 Å². The Morgan fingerprint density at radius 3 is 2.43 bits per heavy atom. The Morgan fingerprint density at radius 2 is 1.79 bits per heavy atom. The van der Waals surface area contributed by atoms with Crippen molar-refractivity contribution >= 4 is 52.3 Å². The number of piperidine rings is 1. The maximum absolute atomic E-state index is 6.44. The minimum atomic E-state index is 0.183. The normalized spacial score (nSPS) is 15.0. The van der Waals surface area contributed by atoms with Gasteiger partial charge in [0.25, 0.3) is 0 Å². The van der Waals surface area contributed by atoms with Gasteiger partial charge >= 0.3 is 0 Å². The van der Waals surface area contributed by atoms with Gasteiger partial charge in [-0.15, -0.1) is 11.8 Å². The van der Waals surface area contributed by atoms with Crippen molar-refractivity contribution in [2.45, 2.75) is 43.6 Å². The van der Waals surface area contributed by atoms with Gasteiger partial charge in [-0.2, -0.15) is 0 Å². The van der Waals surface area contributed by atoms with E-state index in [1.54, 1.807) is 23.9 Å². The predicted molar refractivity (Wildman–Crippen MR) is 123 cm³/mol. The van der Waals surface area contributed by atoms with Crippen molar-refractivity contribution in [1.82, 2.24) is 5.32 Å². The van der Waals surface area contributed by atoms with Crippen LogP contribution in [0, 0.1) is 0 Å². The van der Waals surface area contributed by atoms with Crippen LogP contribution in [0.25, 0.3) is 11.1 Å². The fraction of sp³-hybridized carbons (Fsp3) is 0.429. The Morgan fingerprint density at radius 1 is 1.11 bits per heavy atom. The van der Waals surface area contributed by atoms with Crippen LogP contribution in [0.2, 0.25) is 15.1 Å². The SMILES string of the molecule is CCCCSc1cc(-c2c(Cl)cc(Cl)cc2Cl)cc(N)c1OC1CCNCC1. The molecule has 2 aromatic rings. The molecule has 3 nitrogen and oxygen atoms in total. The number of rotatable bonds is 7. The van der Waals surface area contributed by atoms with E-state index in [2.05, 4.69) is 18.3 Å². The molecule has 152 valence electrons. The second-order valence-electron chi connectivity index (χ2n) is 6.91. The number of hydrogen-bond acceptors (Lipinski definition) is 4. The highest BCUT2D eigenvalue weighted by Gasteiger charge is 2.21. The summed E-state index contributed by atoms with van der Waals surface area (Å²) in [5.41, 5.74) is 8.67. The Bertz CT molecular complexity index is 803. The van der Waals surface area contributed by atoms with Gasteiger partial charge in [0.2, 0.25) is 0 Å². The fourth-order valence-electron chi connectivity index (χ4n) is 3.23. The molecule has 0 amide bonds. The summed E-state index contributed by atoms with van der Waals surface area (Å²) >= 11 is 20.7. The monoisotopic (exact) mass is 458 g/mol. The molecule has 1 heterocycles. The average molecular weight is 460 g/mol. The summed E-state index contributed by atoms with van der Waals surface area (Å²) in [5.74, 6) is 1.78. The summed E-state index contributed by atoms with van der Waals surface area (Å²) in [6.45, 7) is 4.12. The van der Waals surface area contributed by atoms with Crippen LogP contribution in [0.4, 0.5) is 5.69 Å². The third kappa shape index (κ3) is 5.43. The van der Waals surface area contributed by atoms with Crippen molar-refractivity contribution in [3.63, 3.8) is 0 Å². The highest BCUT2D eigenvalue weighted by atomic mass is 35.5. The molecule has 1 saturated heterocycles. The number of halogens is 3. The van der Waals surface area contributed by atoms with Gasteiger partial charge in [0, 0.05) is 10.6 Å². The summed E-state index contributed by atoms with van der Waals surface area (Å²) in [6, 6.07) is 7.36. The molecule has 3 N–H and O–H groups in total. The van der Waals surface area contributed by atoms with E-state index < -0.39 is 0 Å². The number of nitrogen functional groups attached to an aromatic ring is 1. The average Bonchev–Trinajstić information content (AvgIpc) is 2.64. The smallest absolute Gasteiger partial charge is 0.156 e. The quantitative estimate of drug-likeness (QED) is 0.268. The minimum Gasteiger partial charge on any atom is -0.487 e. The number of nitrogens with one attached hydrogen (secondary N) is 1. The Hall–Kier alpha value is -0.780. The van der Waals surface area contributed by atoms with Gasteiger partial charge in [0.05, 0.1) is 20.6 Å². The Kier molecular flexibility index (Phi) is 8.07. The molecule has 0 aliphatic carbocycles.